The summed E-state index contributed by atoms with van der Waals surface area (Å²) in [5.74, 6) is 2.48. The van der Waals surface area contributed by atoms with Crippen LogP contribution in [-0.4, -0.2) is 35.9 Å². The summed E-state index contributed by atoms with van der Waals surface area (Å²) in [5.41, 5.74) is 3.61. The van der Waals surface area contributed by atoms with E-state index in [1.165, 1.54) is 5.56 Å². The average Bonchev–Trinajstić information content (AvgIpc) is 3.20. The van der Waals surface area contributed by atoms with E-state index in [1.54, 1.807) is 18.2 Å². The monoisotopic (exact) mass is 420 g/mol. The van der Waals surface area contributed by atoms with Gasteiger partial charge in [0.05, 0.1) is 0 Å². The van der Waals surface area contributed by atoms with Gasteiger partial charge in [0.1, 0.15) is 5.82 Å². The third-order valence-corrected chi connectivity index (χ3v) is 4.50. The van der Waals surface area contributed by atoms with Crippen molar-refractivity contribution in [2.45, 2.75) is 13.8 Å². The fourth-order valence-corrected chi connectivity index (χ4v) is 3.00. The van der Waals surface area contributed by atoms with Gasteiger partial charge in [-0.1, -0.05) is 17.7 Å². The van der Waals surface area contributed by atoms with Crippen LogP contribution >= 0.6 is 0 Å². The molecule has 0 atom stereocenters. The lowest BCUT2D eigenvalue weighted by atomic mass is 10.2. The molecule has 0 spiro atoms. The summed E-state index contributed by atoms with van der Waals surface area (Å²) in [6, 6.07) is 14.9. The summed E-state index contributed by atoms with van der Waals surface area (Å²) in [7, 11) is 0. The highest BCUT2D eigenvalue weighted by Crippen LogP contribution is 2.34. The minimum atomic E-state index is -0.312. The van der Waals surface area contributed by atoms with Crippen LogP contribution in [0.15, 0.2) is 48.5 Å². The van der Waals surface area contributed by atoms with Gasteiger partial charge in [-0.05, 0) is 38.1 Å². The Kier molecular flexibility index (Phi) is 6.02. The van der Waals surface area contributed by atoms with Crippen molar-refractivity contribution in [2.24, 2.45) is 0 Å². The molecule has 0 unspecified atom stereocenters. The fraction of sp³-hybridized carbons (Fsp3) is 0.227. The van der Waals surface area contributed by atoms with E-state index in [1.807, 2.05) is 44.2 Å². The number of carbonyl (C=O) groups is 1. The number of ether oxygens (including phenoxy) is 2. The molecule has 0 aliphatic carbocycles. The average molecular weight is 420 g/mol. The van der Waals surface area contributed by atoms with Crippen molar-refractivity contribution in [3.05, 3.63) is 59.8 Å². The van der Waals surface area contributed by atoms with E-state index in [2.05, 4.69) is 31.2 Å². The normalized spacial score (nSPS) is 11.7. The molecule has 1 aliphatic heterocycles. The Bertz CT molecular complexity index is 1070. The maximum absolute atomic E-state index is 12.1. The van der Waals surface area contributed by atoms with Crippen LogP contribution in [0.4, 0.5) is 27.9 Å². The number of hydrogen-bond acceptors (Lipinski definition) is 7. The van der Waals surface area contributed by atoms with Gasteiger partial charge in [0, 0.05) is 42.3 Å². The molecule has 0 fully saturated rings. The second-order valence-electron chi connectivity index (χ2n) is 7.08. The van der Waals surface area contributed by atoms with Gasteiger partial charge in [-0.2, -0.15) is 4.98 Å². The van der Waals surface area contributed by atoms with Gasteiger partial charge in [0.15, 0.2) is 11.5 Å². The molecule has 1 aromatic heterocycles. The van der Waals surface area contributed by atoms with Gasteiger partial charge in [-0.15, -0.1) is 0 Å². The van der Waals surface area contributed by atoms with Crippen molar-refractivity contribution >= 4 is 29.2 Å². The molecule has 9 heteroatoms. The number of amides is 2. The van der Waals surface area contributed by atoms with Gasteiger partial charge in [0.2, 0.25) is 12.7 Å². The van der Waals surface area contributed by atoms with Crippen LogP contribution in [0.3, 0.4) is 0 Å². The van der Waals surface area contributed by atoms with Crippen molar-refractivity contribution in [1.29, 1.82) is 0 Å². The van der Waals surface area contributed by atoms with E-state index in [9.17, 15) is 4.79 Å². The molecule has 1 aliphatic rings. The molecule has 160 valence electrons. The first kappa shape index (κ1) is 20.3. The first-order chi connectivity index (χ1) is 15.0. The number of rotatable bonds is 7. The number of nitrogens with one attached hydrogen (secondary N) is 4. The van der Waals surface area contributed by atoms with Crippen molar-refractivity contribution in [3.8, 4) is 11.5 Å². The number of nitrogens with zero attached hydrogens (tertiary/aromatic N) is 2. The lowest BCUT2D eigenvalue weighted by molar-refractivity contribution is 0.174. The molecule has 31 heavy (non-hydrogen) atoms. The molecule has 4 rings (SSSR count). The van der Waals surface area contributed by atoms with Gasteiger partial charge < -0.3 is 30.7 Å². The first-order valence-electron chi connectivity index (χ1n) is 9.93. The summed E-state index contributed by atoms with van der Waals surface area (Å²) in [6.45, 7) is 5.02. The van der Waals surface area contributed by atoms with Crippen LogP contribution in [-0.2, 0) is 0 Å². The molecule has 0 saturated carbocycles. The maximum atomic E-state index is 12.1. The third kappa shape index (κ3) is 5.53. The highest BCUT2D eigenvalue weighted by atomic mass is 16.7. The van der Waals surface area contributed by atoms with Gasteiger partial charge in [0.25, 0.3) is 0 Å². The topological polar surface area (TPSA) is 109 Å². The molecule has 4 N–H and O–H groups in total. The predicted molar refractivity (Wildman–Crippen MR) is 119 cm³/mol. The van der Waals surface area contributed by atoms with E-state index in [0.717, 1.165) is 11.4 Å². The largest absolute Gasteiger partial charge is 0.454 e. The number of carbonyl (C=O) groups excluding carboxylic acids is 1. The summed E-state index contributed by atoms with van der Waals surface area (Å²) in [4.78, 5) is 21.0. The van der Waals surface area contributed by atoms with Crippen LogP contribution in [0, 0.1) is 13.8 Å². The zero-order valence-corrected chi connectivity index (χ0v) is 17.4. The summed E-state index contributed by atoms with van der Waals surface area (Å²) >= 11 is 0. The Morgan fingerprint density at radius 3 is 2.55 bits per heavy atom. The number of urea groups is 1. The standard InChI is InChI=1S/C22H24N6O3/c1-14-3-5-16(6-4-14)26-20-11-15(2)25-21(28-20)23-9-10-24-22(29)27-17-7-8-18-19(12-17)31-13-30-18/h3-8,11-12H,9-10,13H2,1-2H3,(H2,24,27,29)(H2,23,25,26,28). The van der Waals surface area contributed by atoms with Crippen molar-refractivity contribution in [2.75, 3.05) is 35.8 Å². The van der Waals surface area contributed by atoms with Crippen molar-refractivity contribution < 1.29 is 14.3 Å². The number of benzene rings is 2. The van der Waals surface area contributed by atoms with E-state index in [0.29, 0.717) is 42.0 Å². The van der Waals surface area contributed by atoms with Crippen LogP contribution in [0.25, 0.3) is 0 Å². The zero-order chi connectivity index (χ0) is 21.6. The number of aromatic nitrogens is 2. The Morgan fingerprint density at radius 2 is 1.71 bits per heavy atom. The zero-order valence-electron chi connectivity index (χ0n) is 17.4. The van der Waals surface area contributed by atoms with Gasteiger partial charge in [-0.3, -0.25) is 0 Å². The minimum Gasteiger partial charge on any atom is -0.454 e. The number of fused-ring (bicyclic) bond motifs is 1. The van der Waals surface area contributed by atoms with Crippen LogP contribution in [0.5, 0.6) is 11.5 Å². The van der Waals surface area contributed by atoms with E-state index < -0.39 is 0 Å². The first-order valence-corrected chi connectivity index (χ1v) is 9.93. The molecule has 0 bridgehead atoms. The predicted octanol–water partition coefficient (Wildman–Crippen LogP) is 3.80. The molecular weight excluding hydrogens is 396 g/mol. The minimum absolute atomic E-state index is 0.194. The van der Waals surface area contributed by atoms with Gasteiger partial charge in [-0.25, -0.2) is 9.78 Å². The van der Waals surface area contributed by atoms with Crippen LogP contribution in [0.2, 0.25) is 0 Å². The quantitative estimate of drug-likeness (QED) is 0.431. The van der Waals surface area contributed by atoms with E-state index in [4.69, 9.17) is 9.47 Å². The Balaban J connectivity index is 1.25. The molecule has 2 heterocycles. The molecular formula is C22H24N6O3. The Hall–Kier alpha value is -4.01. The van der Waals surface area contributed by atoms with Crippen LogP contribution in [0.1, 0.15) is 11.3 Å². The molecule has 3 aromatic rings. The lowest BCUT2D eigenvalue weighted by Crippen LogP contribution is -2.32. The Morgan fingerprint density at radius 1 is 0.935 bits per heavy atom. The number of hydrogen-bond donors (Lipinski definition) is 4. The highest BCUT2D eigenvalue weighted by Gasteiger charge is 2.14. The molecule has 2 aromatic carbocycles. The van der Waals surface area contributed by atoms with Crippen molar-refractivity contribution in [1.82, 2.24) is 15.3 Å². The third-order valence-electron chi connectivity index (χ3n) is 4.50. The molecule has 9 nitrogen and oxygen atoms in total. The highest BCUT2D eigenvalue weighted by molar-refractivity contribution is 5.89. The Labute approximate surface area is 180 Å². The molecule has 0 saturated heterocycles. The smallest absolute Gasteiger partial charge is 0.319 e. The lowest BCUT2D eigenvalue weighted by Gasteiger charge is -2.11. The second-order valence-corrected chi connectivity index (χ2v) is 7.08. The van der Waals surface area contributed by atoms with Gasteiger partial charge >= 0.3 is 6.03 Å². The van der Waals surface area contributed by atoms with Crippen LogP contribution < -0.4 is 30.7 Å². The maximum Gasteiger partial charge on any atom is 0.319 e. The number of anilines is 4. The number of aryl methyl sites for hydroxylation is 2. The van der Waals surface area contributed by atoms with Crippen molar-refractivity contribution in [3.63, 3.8) is 0 Å². The summed E-state index contributed by atoms with van der Waals surface area (Å²) in [6.07, 6.45) is 0. The molecule has 2 amide bonds. The molecule has 0 radical (unpaired) electrons. The SMILES string of the molecule is Cc1ccc(Nc2cc(C)nc(NCCNC(=O)Nc3ccc4c(c3)OCO4)n2)cc1. The fourth-order valence-electron chi connectivity index (χ4n) is 3.00. The second kappa shape index (κ2) is 9.21. The van der Waals surface area contributed by atoms with E-state index in [-0.39, 0.29) is 12.8 Å². The summed E-state index contributed by atoms with van der Waals surface area (Å²) < 4.78 is 10.6. The van der Waals surface area contributed by atoms with E-state index >= 15 is 0 Å². The summed E-state index contributed by atoms with van der Waals surface area (Å²) in [5, 5.41) is 12.0.